The van der Waals surface area contributed by atoms with Crippen LogP contribution in [0.25, 0.3) is 0 Å². The summed E-state index contributed by atoms with van der Waals surface area (Å²) in [6, 6.07) is 5.01. The van der Waals surface area contributed by atoms with E-state index < -0.39 is 0 Å². The summed E-state index contributed by atoms with van der Waals surface area (Å²) < 4.78 is 2.27. The lowest BCUT2D eigenvalue weighted by molar-refractivity contribution is 0.561. The van der Waals surface area contributed by atoms with E-state index in [1.165, 1.54) is 5.69 Å². The predicted octanol–water partition coefficient (Wildman–Crippen LogP) is 1.96. The predicted molar refractivity (Wildman–Crippen MR) is 52.2 cm³/mol. The first kappa shape index (κ1) is 9.33. The van der Waals surface area contributed by atoms with E-state index in [4.69, 9.17) is 5.73 Å². The Kier molecular flexibility index (Phi) is 2.93. The third-order valence-electron chi connectivity index (χ3n) is 1.95. The van der Waals surface area contributed by atoms with Crippen LogP contribution in [0.4, 0.5) is 0 Å². The van der Waals surface area contributed by atoms with Gasteiger partial charge >= 0.3 is 0 Å². The van der Waals surface area contributed by atoms with Gasteiger partial charge in [-0.3, -0.25) is 0 Å². The molecule has 0 unspecified atom stereocenters. The molecule has 1 atom stereocenters. The highest BCUT2D eigenvalue weighted by molar-refractivity contribution is 5.09. The summed E-state index contributed by atoms with van der Waals surface area (Å²) >= 11 is 0. The van der Waals surface area contributed by atoms with Gasteiger partial charge in [-0.15, -0.1) is 0 Å². The molecule has 1 heterocycles. The van der Waals surface area contributed by atoms with Gasteiger partial charge in [-0.1, -0.05) is 0 Å². The molecule has 0 bridgehead atoms. The number of aromatic nitrogens is 1. The Morgan fingerprint density at radius 1 is 1.42 bits per heavy atom. The standard InChI is InChI=1S/C10H18N2/c1-8(2)12-6-4-5-10(12)7-9(3)11/h4-6,8-9H,7,11H2,1-3H3/t9-/m1/s1. The molecule has 1 rings (SSSR count). The molecule has 0 aliphatic rings. The molecular formula is C10H18N2. The number of nitrogens with zero attached hydrogens (tertiary/aromatic N) is 1. The Balaban J connectivity index is 2.77. The van der Waals surface area contributed by atoms with Crippen LogP contribution in [-0.4, -0.2) is 10.6 Å². The van der Waals surface area contributed by atoms with Crippen molar-refractivity contribution in [3.8, 4) is 0 Å². The fourth-order valence-corrected chi connectivity index (χ4v) is 1.44. The SMILES string of the molecule is CC(C)n1cccc1C[C@@H](C)N. The molecule has 68 valence electrons. The van der Waals surface area contributed by atoms with Crippen LogP contribution < -0.4 is 5.73 Å². The molecule has 1 aromatic rings. The van der Waals surface area contributed by atoms with Crippen LogP contribution in [0.3, 0.4) is 0 Å². The minimum atomic E-state index is 0.248. The quantitative estimate of drug-likeness (QED) is 0.731. The molecule has 0 aliphatic heterocycles. The Labute approximate surface area is 74.4 Å². The minimum Gasteiger partial charge on any atom is -0.349 e. The van der Waals surface area contributed by atoms with Crippen LogP contribution in [0.2, 0.25) is 0 Å². The molecule has 0 aromatic carbocycles. The van der Waals surface area contributed by atoms with Gasteiger partial charge < -0.3 is 10.3 Å². The zero-order chi connectivity index (χ0) is 9.14. The third kappa shape index (κ3) is 2.11. The number of nitrogens with two attached hydrogens (primary N) is 1. The molecule has 0 saturated heterocycles. The van der Waals surface area contributed by atoms with Crippen molar-refractivity contribution >= 4 is 0 Å². The molecule has 0 fully saturated rings. The molecule has 1 aromatic heterocycles. The summed E-state index contributed by atoms with van der Waals surface area (Å²) in [6.07, 6.45) is 3.08. The van der Waals surface area contributed by atoms with Gasteiger partial charge in [-0.2, -0.15) is 0 Å². The van der Waals surface area contributed by atoms with Crippen molar-refractivity contribution in [1.82, 2.24) is 4.57 Å². The van der Waals surface area contributed by atoms with Crippen LogP contribution in [-0.2, 0) is 6.42 Å². The van der Waals surface area contributed by atoms with Gasteiger partial charge in [0.05, 0.1) is 0 Å². The van der Waals surface area contributed by atoms with Gasteiger partial charge in [0.1, 0.15) is 0 Å². The highest BCUT2D eigenvalue weighted by Gasteiger charge is 2.05. The minimum absolute atomic E-state index is 0.248. The Morgan fingerprint density at radius 3 is 2.58 bits per heavy atom. The number of hydrogen-bond donors (Lipinski definition) is 1. The average Bonchev–Trinajstić information content (AvgIpc) is 2.33. The molecule has 12 heavy (non-hydrogen) atoms. The first-order valence-corrected chi connectivity index (χ1v) is 4.52. The second kappa shape index (κ2) is 3.76. The highest BCUT2D eigenvalue weighted by Crippen LogP contribution is 2.11. The fourth-order valence-electron chi connectivity index (χ4n) is 1.44. The van der Waals surface area contributed by atoms with Gasteiger partial charge in [0.25, 0.3) is 0 Å². The van der Waals surface area contributed by atoms with Gasteiger partial charge in [0.2, 0.25) is 0 Å². The smallest absolute Gasteiger partial charge is 0.0276 e. The second-order valence-electron chi connectivity index (χ2n) is 3.68. The van der Waals surface area contributed by atoms with E-state index in [9.17, 15) is 0 Å². The van der Waals surface area contributed by atoms with E-state index in [1.807, 2.05) is 6.92 Å². The molecule has 0 aliphatic carbocycles. The van der Waals surface area contributed by atoms with Crippen LogP contribution in [0.1, 0.15) is 32.5 Å². The third-order valence-corrected chi connectivity index (χ3v) is 1.95. The van der Waals surface area contributed by atoms with Gasteiger partial charge in [0, 0.05) is 30.4 Å². The zero-order valence-corrected chi connectivity index (χ0v) is 8.12. The monoisotopic (exact) mass is 166 g/mol. The molecule has 2 nitrogen and oxygen atoms in total. The molecule has 0 spiro atoms. The maximum Gasteiger partial charge on any atom is 0.0276 e. The van der Waals surface area contributed by atoms with Crippen molar-refractivity contribution in [2.24, 2.45) is 5.73 Å². The van der Waals surface area contributed by atoms with Crippen molar-refractivity contribution < 1.29 is 0 Å². The van der Waals surface area contributed by atoms with Crippen molar-refractivity contribution in [2.75, 3.05) is 0 Å². The maximum atomic E-state index is 5.74. The first-order chi connectivity index (χ1) is 5.61. The average molecular weight is 166 g/mol. The van der Waals surface area contributed by atoms with Crippen LogP contribution in [0.15, 0.2) is 18.3 Å². The molecule has 0 saturated carbocycles. The van der Waals surface area contributed by atoms with E-state index in [1.54, 1.807) is 0 Å². The van der Waals surface area contributed by atoms with Gasteiger partial charge in [-0.05, 0) is 32.9 Å². The van der Waals surface area contributed by atoms with E-state index in [-0.39, 0.29) is 6.04 Å². The van der Waals surface area contributed by atoms with Crippen molar-refractivity contribution in [3.63, 3.8) is 0 Å². The van der Waals surface area contributed by atoms with Gasteiger partial charge in [-0.25, -0.2) is 0 Å². The lowest BCUT2D eigenvalue weighted by Gasteiger charge is -2.14. The fraction of sp³-hybridized carbons (Fsp3) is 0.600. The topological polar surface area (TPSA) is 30.9 Å². The van der Waals surface area contributed by atoms with Crippen molar-refractivity contribution in [1.29, 1.82) is 0 Å². The molecule has 0 amide bonds. The van der Waals surface area contributed by atoms with E-state index >= 15 is 0 Å². The molecule has 0 radical (unpaired) electrons. The summed E-state index contributed by atoms with van der Waals surface area (Å²) in [5.41, 5.74) is 7.07. The lowest BCUT2D eigenvalue weighted by atomic mass is 10.2. The van der Waals surface area contributed by atoms with Crippen LogP contribution >= 0.6 is 0 Å². The summed E-state index contributed by atoms with van der Waals surface area (Å²) in [5.74, 6) is 0. The van der Waals surface area contributed by atoms with Gasteiger partial charge in [0.15, 0.2) is 0 Å². The summed E-state index contributed by atoms with van der Waals surface area (Å²) in [6.45, 7) is 6.41. The first-order valence-electron chi connectivity index (χ1n) is 4.52. The Morgan fingerprint density at radius 2 is 2.08 bits per heavy atom. The summed E-state index contributed by atoms with van der Waals surface area (Å²) in [7, 11) is 0. The Bertz CT molecular complexity index is 236. The van der Waals surface area contributed by atoms with E-state index in [0.29, 0.717) is 6.04 Å². The largest absolute Gasteiger partial charge is 0.349 e. The van der Waals surface area contributed by atoms with E-state index in [0.717, 1.165) is 6.42 Å². The van der Waals surface area contributed by atoms with Crippen LogP contribution in [0.5, 0.6) is 0 Å². The number of hydrogen-bond acceptors (Lipinski definition) is 1. The van der Waals surface area contributed by atoms with Crippen molar-refractivity contribution in [2.45, 2.75) is 39.3 Å². The van der Waals surface area contributed by atoms with Crippen molar-refractivity contribution in [3.05, 3.63) is 24.0 Å². The zero-order valence-electron chi connectivity index (χ0n) is 8.12. The normalized spacial score (nSPS) is 13.8. The van der Waals surface area contributed by atoms with E-state index in [2.05, 4.69) is 36.7 Å². The molecule has 2 heteroatoms. The maximum absolute atomic E-state index is 5.74. The number of rotatable bonds is 3. The highest BCUT2D eigenvalue weighted by atomic mass is 15.0. The summed E-state index contributed by atoms with van der Waals surface area (Å²) in [4.78, 5) is 0. The lowest BCUT2D eigenvalue weighted by Crippen LogP contribution is -2.20. The second-order valence-corrected chi connectivity index (χ2v) is 3.68. The summed E-state index contributed by atoms with van der Waals surface area (Å²) in [5, 5.41) is 0. The molecular weight excluding hydrogens is 148 g/mol. The molecule has 2 N–H and O–H groups in total. The van der Waals surface area contributed by atoms with Crippen LogP contribution in [0, 0.1) is 0 Å². The Hall–Kier alpha value is -0.760.